The number of aromatic hydroxyl groups is 1. The number of guanidine groups is 1. The number of fused-ring (bicyclic) bond motifs is 2. The lowest BCUT2D eigenvalue weighted by atomic mass is 9.84. The van der Waals surface area contributed by atoms with E-state index in [0.29, 0.717) is 12.2 Å². The largest absolute Gasteiger partial charge is 0.508 e. The molecule has 3 aliphatic rings. The molecule has 0 saturated heterocycles. The fourth-order valence-electron chi connectivity index (χ4n) is 4.12. The first-order valence-corrected chi connectivity index (χ1v) is 9.75. The quantitative estimate of drug-likeness (QED) is 0.596. The highest BCUT2D eigenvalue weighted by molar-refractivity contribution is 5.95. The second-order valence-electron chi connectivity index (χ2n) is 7.26. The number of carbonyl (C=O) groups is 1. The SMILES string of the molecule is COC(=O)NC1=NC=C2C=Cc3c[nH]c4c3C(=CCC4c3ccc(OC)cc3O)N2N1. The summed E-state index contributed by atoms with van der Waals surface area (Å²) in [7, 11) is 2.87. The molecule has 9 nitrogen and oxygen atoms in total. The summed E-state index contributed by atoms with van der Waals surface area (Å²) in [6.45, 7) is 0. The molecular weight excluding hydrogens is 398 g/mol. The van der Waals surface area contributed by atoms with Crippen LogP contribution in [0.2, 0.25) is 0 Å². The number of nitrogens with zero attached hydrogens (tertiary/aromatic N) is 2. The first kappa shape index (κ1) is 18.9. The first-order chi connectivity index (χ1) is 15.1. The molecule has 0 spiro atoms. The van der Waals surface area contributed by atoms with Gasteiger partial charge in [-0.15, -0.1) is 0 Å². The molecule has 0 saturated carbocycles. The number of rotatable bonds is 2. The number of allylic oxidation sites excluding steroid dienone is 2. The number of aromatic amines is 1. The Kier molecular flexibility index (Phi) is 4.43. The maximum Gasteiger partial charge on any atom is 0.413 e. The van der Waals surface area contributed by atoms with Gasteiger partial charge < -0.3 is 19.6 Å². The highest BCUT2D eigenvalue weighted by Crippen LogP contribution is 2.45. The molecule has 3 heterocycles. The molecule has 1 aromatic heterocycles. The molecule has 31 heavy (non-hydrogen) atoms. The molecule has 0 fully saturated rings. The third-order valence-corrected chi connectivity index (χ3v) is 5.59. The van der Waals surface area contributed by atoms with E-state index in [1.54, 1.807) is 19.4 Å². The third kappa shape index (κ3) is 3.10. The van der Waals surface area contributed by atoms with Gasteiger partial charge in [0.05, 0.1) is 31.8 Å². The normalized spacial score (nSPS) is 18.5. The number of alkyl carbamates (subject to hydrolysis) is 1. The molecule has 1 amide bonds. The van der Waals surface area contributed by atoms with Gasteiger partial charge in [-0.2, -0.15) is 0 Å². The first-order valence-electron chi connectivity index (χ1n) is 9.75. The van der Waals surface area contributed by atoms with E-state index >= 15 is 0 Å². The van der Waals surface area contributed by atoms with Gasteiger partial charge in [0, 0.05) is 40.6 Å². The minimum absolute atomic E-state index is 0.0385. The summed E-state index contributed by atoms with van der Waals surface area (Å²) in [6, 6.07) is 5.38. The average Bonchev–Trinajstić information content (AvgIpc) is 3.14. The van der Waals surface area contributed by atoms with E-state index < -0.39 is 6.09 Å². The number of ether oxygens (including phenoxy) is 2. The number of aliphatic imine (C=N–C) groups is 1. The Balaban J connectivity index is 1.53. The second kappa shape index (κ2) is 7.28. The number of carbonyl (C=O) groups excluding carboxylic acids is 1. The number of hydrazine groups is 1. The van der Waals surface area contributed by atoms with Crippen molar-refractivity contribution in [3.8, 4) is 11.5 Å². The van der Waals surface area contributed by atoms with Gasteiger partial charge in [-0.1, -0.05) is 18.2 Å². The van der Waals surface area contributed by atoms with Crippen LogP contribution in [0, 0.1) is 0 Å². The van der Waals surface area contributed by atoms with Gasteiger partial charge in [-0.25, -0.2) is 9.79 Å². The van der Waals surface area contributed by atoms with Gasteiger partial charge in [0.2, 0.25) is 5.96 Å². The molecular formula is C22H21N5O4. The van der Waals surface area contributed by atoms with Crippen LogP contribution in [-0.4, -0.2) is 41.4 Å². The molecule has 1 atom stereocenters. The van der Waals surface area contributed by atoms with Crippen LogP contribution in [0.4, 0.5) is 4.79 Å². The predicted molar refractivity (Wildman–Crippen MR) is 115 cm³/mol. The van der Waals surface area contributed by atoms with Crippen LogP contribution in [0.25, 0.3) is 11.8 Å². The molecule has 1 unspecified atom stereocenters. The second-order valence-corrected chi connectivity index (χ2v) is 7.26. The zero-order valence-electron chi connectivity index (χ0n) is 17.0. The number of methoxy groups -OCH3 is 2. The Bertz CT molecular complexity index is 1190. The Morgan fingerprint density at radius 1 is 1.32 bits per heavy atom. The molecule has 0 radical (unpaired) electrons. The molecule has 1 aromatic carbocycles. The van der Waals surface area contributed by atoms with Gasteiger partial charge in [0.1, 0.15) is 11.5 Å². The van der Waals surface area contributed by atoms with Crippen LogP contribution in [0.1, 0.15) is 34.7 Å². The van der Waals surface area contributed by atoms with Crippen molar-refractivity contribution >= 4 is 23.8 Å². The number of H-pyrrole nitrogens is 1. The van der Waals surface area contributed by atoms with Crippen LogP contribution in [-0.2, 0) is 4.74 Å². The zero-order chi connectivity index (χ0) is 21.5. The van der Waals surface area contributed by atoms with E-state index in [-0.39, 0.29) is 17.6 Å². The smallest absolute Gasteiger partial charge is 0.413 e. The number of hydrogen-bond donors (Lipinski definition) is 4. The Labute approximate surface area is 178 Å². The number of benzene rings is 1. The van der Waals surface area contributed by atoms with Gasteiger partial charge in [0.25, 0.3) is 0 Å². The Hall–Kier alpha value is -4.14. The predicted octanol–water partition coefficient (Wildman–Crippen LogP) is 3.01. The molecule has 2 aliphatic heterocycles. The van der Waals surface area contributed by atoms with Crippen molar-refractivity contribution in [3.63, 3.8) is 0 Å². The van der Waals surface area contributed by atoms with Crippen LogP contribution in [0.15, 0.2) is 53.4 Å². The maximum atomic E-state index is 11.6. The number of hydrogen-bond acceptors (Lipinski definition) is 7. The highest BCUT2D eigenvalue weighted by Gasteiger charge is 2.33. The van der Waals surface area contributed by atoms with Crippen molar-refractivity contribution < 1.29 is 19.4 Å². The van der Waals surface area contributed by atoms with Gasteiger partial charge >= 0.3 is 6.09 Å². The Morgan fingerprint density at radius 3 is 2.97 bits per heavy atom. The fraction of sp³-hybridized carbons (Fsp3) is 0.182. The molecule has 2 aromatic rings. The third-order valence-electron chi connectivity index (χ3n) is 5.59. The van der Waals surface area contributed by atoms with Crippen LogP contribution >= 0.6 is 0 Å². The van der Waals surface area contributed by atoms with E-state index in [1.165, 1.54) is 7.11 Å². The summed E-state index contributed by atoms with van der Waals surface area (Å²) in [5.74, 6) is 1.03. The van der Waals surface area contributed by atoms with Crippen LogP contribution < -0.4 is 15.5 Å². The van der Waals surface area contributed by atoms with E-state index in [4.69, 9.17) is 4.74 Å². The molecule has 4 N–H and O–H groups in total. The fourth-order valence-corrected chi connectivity index (χ4v) is 4.12. The number of phenols is 1. The Morgan fingerprint density at radius 2 is 2.19 bits per heavy atom. The number of nitrogens with one attached hydrogen (secondary N) is 3. The molecule has 0 bridgehead atoms. The summed E-state index contributed by atoms with van der Waals surface area (Å²) >= 11 is 0. The van der Waals surface area contributed by atoms with E-state index in [9.17, 15) is 9.90 Å². The summed E-state index contributed by atoms with van der Waals surface area (Å²) in [5, 5.41) is 15.0. The van der Waals surface area contributed by atoms with Crippen molar-refractivity contribution in [3.05, 3.63) is 70.8 Å². The standard InChI is InChI=1S/C22H21N5O4/c1-30-14-5-6-15(18(28)9-14)16-7-8-17-19-12(10-23-20(16)19)3-4-13-11-24-21(26-27(13)17)25-22(29)31-2/h3-6,8-11,16,23,28H,7H2,1-2H3,(H2,24,25,26,29). The van der Waals surface area contributed by atoms with Crippen LogP contribution in [0.3, 0.4) is 0 Å². The maximum absolute atomic E-state index is 11.6. The zero-order valence-corrected chi connectivity index (χ0v) is 17.0. The summed E-state index contributed by atoms with van der Waals surface area (Å²) in [5.41, 5.74) is 8.78. The van der Waals surface area contributed by atoms with E-state index in [1.807, 2.05) is 35.5 Å². The highest BCUT2D eigenvalue weighted by atomic mass is 16.5. The van der Waals surface area contributed by atoms with Crippen LogP contribution in [0.5, 0.6) is 11.5 Å². The van der Waals surface area contributed by atoms with E-state index in [2.05, 4.69) is 31.5 Å². The van der Waals surface area contributed by atoms with Gasteiger partial charge in [0.15, 0.2) is 0 Å². The van der Waals surface area contributed by atoms with E-state index in [0.717, 1.165) is 33.8 Å². The van der Waals surface area contributed by atoms with Crippen molar-refractivity contribution in [2.75, 3.05) is 14.2 Å². The van der Waals surface area contributed by atoms with Gasteiger partial charge in [-0.3, -0.25) is 15.8 Å². The number of aromatic nitrogens is 1. The topological polar surface area (TPSA) is 111 Å². The molecule has 5 rings (SSSR count). The van der Waals surface area contributed by atoms with Crippen molar-refractivity contribution in [2.24, 2.45) is 4.99 Å². The minimum atomic E-state index is -0.607. The van der Waals surface area contributed by atoms with Crippen molar-refractivity contribution in [1.82, 2.24) is 20.7 Å². The van der Waals surface area contributed by atoms with Gasteiger partial charge in [-0.05, 0) is 18.6 Å². The van der Waals surface area contributed by atoms with Crippen molar-refractivity contribution in [1.29, 1.82) is 0 Å². The number of phenolic OH excluding ortho intramolecular Hbond substituents is 1. The average molecular weight is 419 g/mol. The lowest BCUT2D eigenvalue weighted by Gasteiger charge is -2.34. The lowest BCUT2D eigenvalue weighted by Crippen LogP contribution is -2.50. The van der Waals surface area contributed by atoms with Crippen molar-refractivity contribution in [2.45, 2.75) is 12.3 Å². The molecule has 9 heteroatoms. The number of amides is 1. The summed E-state index contributed by atoms with van der Waals surface area (Å²) < 4.78 is 9.87. The monoisotopic (exact) mass is 419 g/mol. The lowest BCUT2D eigenvalue weighted by molar-refractivity contribution is 0.176. The minimum Gasteiger partial charge on any atom is -0.508 e. The summed E-state index contributed by atoms with van der Waals surface area (Å²) in [6.07, 6.45) is 9.78. The molecule has 158 valence electrons. The summed E-state index contributed by atoms with van der Waals surface area (Å²) in [4.78, 5) is 19.2. The molecule has 1 aliphatic carbocycles.